The van der Waals surface area contributed by atoms with Crippen molar-refractivity contribution in [1.29, 1.82) is 0 Å². The van der Waals surface area contributed by atoms with Crippen molar-refractivity contribution in [3.8, 4) is 73.0 Å². The Bertz CT molecular complexity index is 3400. The van der Waals surface area contributed by atoms with Crippen molar-refractivity contribution in [3.05, 3.63) is 188 Å². The second-order valence-electron chi connectivity index (χ2n) is 14.5. The van der Waals surface area contributed by atoms with Crippen molar-refractivity contribution in [2.45, 2.75) is 0 Å². The number of aromatic nitrogens is 3. The van der Waals surface area contributed by atoms with E-state index in [9.17, 15) is 0 Å². The monoisotopic (exact) mass is 729 g/mol. The lowest BCUT2D eigenvalue weighted by Crippen LogP contribution is -1.97. The van der Waals surface area contributed by atoms with E-state index in [1.165, 1.54) is 0 Å². The van der Waals surface area contributed by atoms with Gasteiger partial charge >= 0.3 is 0 Å². The molecule has 5 nitrogen and oxygen atoms in total. The SMILES string of the molecule is c1ccc(-n2c3ccc(-c4ccc5c(c4)-c4cc6oc7ccccc7c6cc4Oc4ccccc4-c4ccccc4-c4ccccc4-5)cc3c3cccnc32)nc1. The fraction of sp³-hybridized carbons (Fsp3) is 0. The van der Waals surface area contributed by atoms with Crippen molar-refractivity contribution in [1.82, 2.24) is 14.5 Å². The van der Waals surface area contributed by atoms with Gasteiger partial charge in [-0.3, -0.25) is 4.57 Å². The van der Waals surface area contributed by atoms with Crippen molar-refractivity contribution in [3.63, 3.8) is 0 Å². The second kappa shape index (κ2) is 12.4. The highest BCUT2D eigenvalue weighted by molar-refractivity contribution is 6.10. The largest absolute Gasteiger partial charge is 0.456 e. The number of nitrogens with zero attached hydrogens (tertiary/aromatic N) is 3. The average Bonchev–Trinajstić information content (AvgIpc) is 3.81. The van der Waals surface area contributed by atoms with E-state index >= 15 is 0 Å². The predicted octanol–water partition coefficient (Wildman–Crippen LogP) is 13.9. The van der Waals surface area contributed by atoms with Gasteiger partial charge in [0.1, 0.15) is 34.1 Å². The van der Waals surface area contributed by atoms with Gasteiger partial charge in [-0.2, -0.15) is 0 Å². The summed E-state index contributed by atoms with van der Waals surface area (Å²) in [5.41, 5.74) is 14.5. The van der Waals surface area contributed by atoms with Crippen molar-refractivity contribution in [2.24, 2.45) is 0 Å². The maximum Gasteiger partial charge on any atom is 0.146 e. The Balaban J connectivity index is 1.16. The van der Waals surface area contributed by atoms with E-state index in [2.05, 4.69) is 138 Å². The number of hydrogen-bond acceptors (Lipinski definition) is 4. The molecule has 5 heteroatoms. The van der Waals surface area contributed by atoms with Gasteiger partial charge in [-0.25, -0.2) is 9.97 Å². The number of para-hydroxylation sites is 2. The molecule has 7 aromatic carbocycles. The maximum atomic E-state index is 7.15. The first-order valence-electron chi connectivity index (χ1n) is 19.1. The number of hydrogen-bond donors (Lipinski definition) is 0. The van der Waals surface area contributed by atoms with Crippen molar-refractivity contribution < 1.29 is 9.15 Å². The van der Waals surface area contributed by atoms with Crippen molar-refractivity contribution in [2.75, 3.05) is 0 Å². The minimum absolute atomic E-state index is 0.761. The lowest BCUT2D eigenvalue weighted by molar-refractivity contribution is 0.487. The summed E-state index contributed by atoms with van der Waals surface area (Å²) in [5, 5.41) is 4.26. The Hall–Kier alpha value is -7.76. The second-order valence-corrected chi connectivity index (χ2v) is 14.5. The van der Waals surface area contributed by atoms with Gasteiger partial charge in [0.05, 0.1) is 5.52 Å². The molecule has 0 amide bonds. The fourth-order valence-electron chi connectivity index (χ4n) is 8.77. The maximum absolute atomic E-state index is 7.15. The summed E-state index contributed by atoms with van der Waals surface area (Å²) >= 11 is 0. The topological polar surface area (TPSA) is 53.1 Å². The van der Waals surface area contributed by atoms with Gasteiger partial charge in [0, 0.05) is 45.1 Å². The molecule has 0 radical (unpaired) electrons. The first-order valence-corrected chi connectivity index (χ1v) is 19.1. The molecule has 0 spiro atoms. The zero-order valence-electron chi connectivity index (χ0n) is 30.6. The molecule has 0 atom stereocenters. The minimum Gasteiger partial charge on any atom is -0.456 e. The molecule has 4 aromatic heterocycles. The van der Waals surface area contributed by atoms with Gasteiger partial charge in [0.15, 0.2) is 0 Å². The minimum atomic E-state index is 0.761. The lowest BCUT2D eigenvalue weighted by Gasteiger charge is -2.18. The molecule has 0 aliphatic carbocycles. The van der Waals surface area contributed by atoms with E-state index in [0.717, 1.165) is 117 Å². The first-order chi connectivity index (χ1) is 28.3. The molecule has 266 valence electrons. The fourth-order valence-corrected chi connectivity index (χ4v) is 8.77. The van der Waals surface area contributed by atoms with E-state index in [-0.39, 0.29) is 0 Å². The van der Waals surface area contributed by atoms with Crippen LogP contribution in [0.3, 0.4) is 0 Å². The summed E-state index contributed by atoms with van der Waals surface area (Å²) in [6.45, 7) is 0. The van der Waals surface area contributed by atoms with E-state index in [1.54, 1.807) is 0 Å². The van der Waals surface area contributed by atoms with Crippen molar-refractivity contribution >= 4 is 43.9 Å². The molecule has 1 aliphatic rings. The van der Waals surface area contributed by atoms with Gasteiger partial charge in [-0.1, -0.05) is 109 Å². The Morgan fingerprint density at radius 2 is 1.02 bits per heavy atom. The molecule has 0 saturated carbocycles. The van der Waals surface area contributed by atoms with Crippen LogP contribution in [-0.4, -0.2) is 14.5 Å². The molecular weight excluding hydrogens is 699 g/mol. The van der Waals surface area contributed by atoms with E-state index < -0.39 is 0 Å². The van der Waals surface area contributed by atoms with Crippen LogP contribution in [0.4, 0.5) is 0 Å². The summed E-state index contributed by atoms with van der Waals surface area (Å²) in [6.07, 6.45) is 3.67. The summed E-state index contributed by atoms with van der Waals surface area (Å²) in [5.74, 6) is 2.39. The lowest BCUT2D eigenvalue weighted by atomic mass is 9.85. The van der Waals surface area contributed by atoms with Gasteiger partial charge in [0.25, 0.3) is 0 Å². The summed E-state index contributed by atoms with van der Waals surface area (Å²) < 4.78 is 15.8. The van der Waals surface area contributed by atoms with Gasteiger partial charge in [-0.05, 0) is 111 Å². The van der Waals surface area contributed by atoms with Crippen LogP contribution >= 0.6 is 0 Å². The Morgan fingerprint density at radius 3 is 1.82 bits per heavy atom. The van der Waals surface area contributed by atoms with Gasteiger partial charge in [0.2, 0.25) is 0 Å². The van der Waals surface area contributed by atoms with Crippen LogP contribution in [0.1, 0.15) is 0 Å². The smallest absolute Gasteiger partial charge is 0.146 e. The van der Waals surface area contributed by atoms with E-state index in [0.29, 0.717) is 0 Å². The predicted molar refractivity (Wildman–Crippen MR) is 231 cm³/mol. The van der Waals surface area contributed by atoms with E-state index in [4.69, 9.17) is 19.1 Å². The molecule has 0 bridgehead atoms. The number of rotatable bonds is 2. The normalized spacial score (nSPS) is 12.0. The average molecular weight is 730 g/mol. The van der Waals surface area contributed by atoms with Crippen LogP contribution < -0.4 is 4.74 Å². The van der Waals surface area contributed by atoms with Crippen LogP contribution in [0.5, 0.6) is 11.5 Å². The molecule has 0 saturated heterocycles. The molecular formula is C52H31N3O2. The van der Waals surface area contributed by atoms with Crippen LogP contribution in [0.15, 0.2) is 193 Å². The Morgan fingerprint density at radius 1 is 0.368 bits per heavy atom. The number of ether oxygens (including phenoxy) is 1. The van der Waals surface area contributed by atoms with Crippen LogP contribution in [-0.2, 0) is 0 Å². The Kier molecular flexibility index (Phi) is 6.86. The van der Waals surface area contributed by atoms with Crippen LogP contribution in [0.2, 0.25) is 0 Å². The zero-order valence-corrected chi connectivity index (χ0v) is 30.6. The molecule has 57 heavy (non-hydrogen) atoms. The van der Waals surface area contributed by atoms with Crippen LogP contribution in [0.25, 0.3) is 105 Å². The third kappa shape index (κ3) is 4.89. The quantitative estimate of drug-likeness (QED) is 0.178. The summed E-state index contributed by atoms with van der Waals surface area (Å²) in [4.78, 5) is 9.51. The first kappa shape index (κ1) is 31.6. The van der Waals surface area contributed by atoms with Crippen LogP contribution in [0, 0.1) is 0 Å². The molecule has 12 rings (SSSR count). The highest BCUT2D eigenvalue weighted by Crippen LogP contribution is 2.50. The molecule has 11 aromatic rings. The van der Waals surface area contributed by atoms with Gasteiger partial charge in [-0.15, -0.1) is 0 Å². The third-order valence-corrected chi connectivity index (χ3v) is 11.4. The molecule has 0 N–H and O–H groups in total. The molecule has 0 unspecified atom stereocenters. The summed E-state index contributed by atoms with van der Waals surface area (Å²) in [6, 6.07) is 61.9. The summed E-state index contributed by atoms with van der Waals surface area (Å²) in [7, 11) is 0. The Labute approximate surface area is 327 Å². The highest BCUT2D eigenvalue weighted by atomic mass is 16.5. The number of fused-ring (bicyclic) bond motifs is 15. The molecule has 1 aliphatic heterocycles. The molecule has 5 heterocycles. The number of benzene rings is 7. The highest BCUT2D eigenvalue weighted by Gasteiger charge is 2.24. The number of pyridine rings is 2. The van der Waals surface area contributed by atoms with E-state index in [1.807, 2.05) is 54.9 Å². The third-order valence-electron chi connectivity index (χ3n) is 11.4. The zero-order chi connectivity index (χ0) is 37.5. The van der Waals surface area contributed by atoms with Gasteiger partial charge < -0.3 is 9.15 Å². The molecule has 0 fully saturated rings. The standard InChI is InChI=1S/C52H31N3O2/c1-2-14-36-34(12-1)35-13-3-4-15-37(35)39-16-5-7-19-47(39)56-50-30-44-40-17-6-8-20-48(40)57-49(44)31-45(50)42-28-32(22-24-38(36)42)33-23-25-46-43(29-33)41-18-11-27-54-52(41)55(46)51-21-9-10-26-53-51/h1-31H. The number of furan rings is 1.